The van der Waals surface area contributed by atoms with E-state index in [-0.39, 0.29) is 37.2 Å². The van der Waals surface area contributed by atoms with E-state index in [1.807, 2.05) is 13.8 Å². The maximum atomic E-state index is 11.9. The third-order valence-corrected chi connectivity index (χ3v) is 3.87. The van der Waals surface area contributed by atoms with Crippen LogP contribution in [0.15, 0.2) is 24.3 Å². The first-order valence-electron chi connectivity index (χ1n) is 8.77. The summed E-state index contributed by atoms with van der Waals surface area (Å²) in [5.74, 6) is -1.30. The van der Waals surface area contributed by atoms with Crippen LogP contribution in [-0.4, -0.2) is 61.1 Å². The predicted octanol–water partition coefficient (Wildman–Crippen LogP) is 2.87. The van der Waals surface area contributed by atoms with Crippen molar-refractivity contribution in [2.75, 3.05) is 26.3 Å². The van der Waals surface area contributed by atoms with E-state index in [0.717, 1.165) is 6.21 Å². The van der Waals surface area contributed by atoms with Crippen LogP contribution in [0.3, 0.4) is 0 Å². The highest BCUT2D eigenvalue weighted by atomic mass is 16.6. The standard InChI is InChI=1S/C19H30N2O6/c1-7-21(8-2)18(24)26-12-10-19(6,27-16(22)14(3)4)9-11-25-17(23)15(5)13-20/h13,20H,3,5,7-12H2,1-2,4,6H3. The zero-order chi connectivity index (χ0) is 21.0. The fraction of sp³-hybridized carbons (Fsp3) is 0.579. The molecule has 152 valence electrons. The Hall–Kier alpha value is -2.64. The zero-order valence-electron chi connectivity index (χ0n) is 16.6. The third-order valence-electron chi connectivity index (χ3n) is 3.87. The predicted molar refractivity (Wildman–Crippen MR) is 102 cm³/mol. The van der Waals surface area contributed by atoms with E-state index in [0.29, 0.717) is 13.1 Å². The highest BCUT2D eigenvalue weighted by molar-refractivity contribution is 6.07. The number of hydrogen-bond acceptors (Lipinski definition) is 7. The molecule has 1 N–H and O–H groups in total. The molecule has 0 heterocycles. The Morgan fingerprint density at radius 3 is 2.00 bits per heavy atom. The van der Waals surface area contributed by atoms with E-state index in [1.54, 1.807) is 6.92 Å². The van der Waals surface area contributed by atoms with Gasteiger partial charge >= 0.3 is 18.0 Å². The Morgan fingerprint density at radius 2 is 1.56 bits per heavy atom. The highest BCUT2D eigenvalue weighted by Gasteiger charge is 2.30. The first-order valence-corrected chi connectivity index (χ1v) is 8.77. The molecule has 0 bridgehead atoms. The maximum absolute atomic E-state index is 11.9. The van der Waals surface area contributed by atoms with Gasteiger partial charge in [-0.05, 0) is 27.7 Å². The second-order valence-corrected chi connectivity index (χ2v) is 6.21. The maximum Gasteiger partial charge on any atom is 0.409 e. The Labute approximate surface area is 160 Å². The van der Waals surface area contributed by atoms with Crippen LogP contribution in [0.2, 0.25) is 0 Å². The number of carbonyl (C=O) groups excluding carboxylic acids is 3. The first-order chi connectivity index (χ1) is 12.6. The van der Waals surface area contributed by atoms with E-state index in [1.165, 1.54) is 11.8 Å². The van der Waals surface area contributed by atoms with Crippen molar-refractivity contribution in [2.45, 2.75) is 46.1 Å². The molecule has 8 nitrogen and oxygen atoms in total. The monoisotopic (exact) mass is 382 g/mol. The van der Waals surface area contributed by atoms with E-state index in [4.69, 9.17) is 19.6 Å². The van der Waals surface area contributed by atoms with Gasteiger partial charge in [0.2, 0.25) is 0 Å². The molecule has 1 unspecified atom stereocenters. The van der Waals surface area contributed by atoms with E-state index in [2.05, 4.69) is 13.2 Å². The Bertz CT molecular complexity index is 583. The van der Waals surface area contributed by atoms with Crippen LogP contribution in [0, 0.1) is 5.41 Å². The molecule has 27 heavy (non-hydrogen) atoms. The van der Waals surface area contributed by atoms with Gasteiger partial charge in [0, 0.05) is 37.7 Å². The molecular weight excluding hydrogens is 352 g/mol. The van der Waals surface area contributed by atoms with Gasteiger partial charge in [-0.25, -0.2) is 14.4 Å². The number of ether oxygens (including phenoxy) is 3. The molecule has 1 amide bonds. The van der Waals surface area contributed by atoms with Crippen molar-refractivity contribution in [1.29, 1.82) is 5.41 Å². The summed E-state index contributed by atoms with van der Waals surface area (Å²) in [6, 6.07) is 0. The van der Waals surface area contributed by atoms with Crippen LogP contribution >= 0.6 is 0 Å². The van der Waals surface area contributed by atoms with Crippen molar-refractivity contribution < 1.29 is 28.6 Å². The van der Waals surface area contributed by atoms with E-state index < -0.39 is 23.6 Å². The number of carbonyl (C=O) groups is 3. The summed E-state index contributed by atoms with van der Waals surface area (Å²) in [6.07, 6.45) is 0.769. The molecule has 0 saturated heterocycles. The average Bonchev–Trinajstić information content (AvgIpc) is 2.61. The lowest BCUT2D eigenvalue weighted by Gasteiger charge is -2.30. The minimum atomic E-state index is -1.02. The quantitative estimate of drug-likeness (QED) is 0.241. The molecule has 0 fully saturated rings. The van der Waals surface area contributed by atoms with Crippen LogP contribution in [-0.2, 0) is 23.8 Å². The lowest BCUT2D eigenvalue weighted by molar-refractivity contribution is -0.157. The lowest BCUT2D eigenvalue weighted by atomic mass is 9.98. The minimum Gasteiger partial charge on any atom is -0.462 e. The van der Waals surface area contributed by atoms with Gasteiger partial charge < -0.3 is 24.5 Å². The molecule has 0 aliphatic rings. The molecule has 0 aromatic heterocycles. The second kappa shape index (κ2) is 11.9. The van der Waals surface area contributed by atoms with Gasteiger partial charge in [-0.1, -0.05) is 13.2 Å². The zero-order valence-corrected chi connectivity index (χ0v) is 16.6. The molecule has 0 spiro atoms. The van der Waals surface area contributed by atoms with Crippen molar-refractivity contribution >= 4 is 24.2 Å². The summed E-state index contributed by atoms with van der Waals surface area (Å²) in [5.41, 5.74) is -0.870. The van der Waals surface area contributed by atoms with E-state index in [9.17, 15) is 14.4 Å². The summed E-state index contributed by atoms with van der Waals surface area (Å²) in [7, 11) is 0. The Balaban J connectivity index is 4.84. The number of amides is 1. The van der Waals surface area contributed by atoms with Gasteiger partial charge in [-0.3, -0.25) is 0 Å². The molecule has 0 aromatic rings. The van der Waals surface area contributed by atoms with Gasteiger partial charge in [0.15, 0.2) is 0 Å². The van der Waals surface area contributed by atoms with Gasteiger partial charge in [-0.2, -0.15) is 0 Å². The highest BCUT2D eigenvalue weighted by Crippen LogP contribution is 2.22. The minimum absolute atomic E-state index is 0.0382. The van der Waals surface area contributed by atoms with Gasteiger partial charge in [0.1, 0.15) is 5.60 Å². The van der Waals surface area contributed by atoms with Crippen LogP contribution in [0.1, 0.15) is 40.5 Å². The van der Waals surface area contributed by atoms with Crippen LogP contribution in [0.4, 0.5) is 4.79 Å². The van der Waals surface area contributed by atoms with Crippen molar-refractivity contribution in [2.24, 2.45) is 0 Å². The molecule has 1 atom stereocenters. The largest absolute Gasteiger partial charge is 0.462 e. The SMILES string of the molecule is C=C(C)C(=O)OC(C)(CCOC(=O)C(=C)C=N)CCOC(=O)N(CC)CC. The topological polar surface area (TPSA) is 106 Å². The van der Waals surface area contributed by atoms with Crippen molar-refractivity contribution in [1.82, 2.24) is 4.90 Å². The number of hydrogen-bond donors (Lipinski definition) is 1. The molecule has 0 aliphatic carbocycles. The number of rotatable bonds is 12. The fourth-order valence-electron chi connectivity index (χ4n) is 1.98. The smallest absolute Gasteiger partial charge is 0.409 e. The van der Waals surface area contributed by atoms with Crippen LogP contribution < -0.4 is 0 Å². The molecule has 0 radical (unpaired) electrons. The summed E-state index contributed by atoms with van der Waals surface area (Å²) in [4.78, 5) is 36.9. The number of nitrogens with one attached hydrogen (secondary N) is 1. The molecule has 0 rings (SSSR count). The molecule has 0 aliphatic heterocycles. The molecule has 0 saturated carbocycles. The van der Waals surface area contributed by atoms with Gasteiger partial charge in [0.25, 0.3) is 0 Å². The number of nitrogens with zero attached hydrogens (tertiary/aromatic N) is 1. The van der Waals surface area contributed by atoms with E-state index >= 15 is 0 Å². The van der Waals surface area contributed by atoms with Crippen molar-refractivity contribution in [3.63, 3.8) is 0 Å². The average molecular weight is 382 g/mol. The van der Waals surface area contributed by atoms with Crippen molar-refractivity contribution in [3.05, 3.63) is 24.3 Å². The second-order valence-electron chi connectivity index (χ2n) is 6.21. The van der Waals surface area contributed by atoms with Gasteiger partial charge in [0.05, 0.1) is 18.8 Å². The molecular formula is C19H30N2O6. The number of esters is 2. The lowest BCUT2D eigenvalue weighted by Crippen LogP contribution is -2.37. The van der Waals surface area contributed by atoms with Crippen molar-refractivity contribution in [3.8, 4) is 0 Å². The summed E-state index contributed by atoms with van der Waals surface area (Å²) >= 11 is 0. The van der Waals surface area contributed by atoms with Crippen LogP contribution in [0.5, 0.6) is 0 Å². The van der Waals surface area contributed by atoms with Crippen LogP contribution in [0.25, 0.3) is 0 Å². The summed E-state index contributed by atoms with van der Waals surface area (Å²) in [5, 5.41) is 6.98. The third kappa shape index (κ3) is 9.03. The normalized spacial score (nSPS) is 12.3. The fourth-order valence-corrected chi connectivity index (χ4v) is 1.98. The molecule has 0 aromatic carbocycles. The first kappa shape index (κ1) is 24.4. The molecule has 8 heteroatoms. The van der Waals surface area contributed by atoms with Gasteiger partial charge in [-0.15, -0.1) is 0 Å². The summed E-state index contributed by atoms with van der Waals surface area (Å²) in [6.45, 7) is 14.9. The summed E-state index contributed by atoms with van der Waals surface area (Å²) < 4.78 is 15.7. The Morgan fingerprint density at radius 1 is 1.04 bits per heavy atom. The Kier molecular flexibility index (Phi) is 10.7.